The number of carbonyl (C=O) groups excluding carboxylic acids is 1. The Labute approximate surface area is 129 Å². The number of cyclic esters (lactones) is 1. The maximum absolute atomic E-state index is 13.1. The summed E-state index contributed by atoms with van der Waals surface area (Å²) in [5.74, 6) is -0.587. The number of rotatable bonds is 3. The Morgan fingerprint density at radius 3 is 2.50 bits per heavy atom. The number of halogens is 1. The normalized spacial score (nSPS) is 20.5. The molecule has 22 heavy (non-hydrogen) atoms. The van der Waals surface area contributed by atoms with Crippen LogP contribution in [0.3, 0.4) is 0 Å². The maximum atomic E-state index is 13.1. The number of esters is 1. The minimum absolute atomic E-state index is 0.0732. The van der Waals surface area contributed by atoms with E-state index in [9.17, 15) is 9.18 Å². The molecule has 2 aromatic carbocycles. The van der Waals surface area contributed by atoms with Crippen LogP contribution in [0.1, 0.15) is 30.1 Å². The molecule has 0 unspecified atom stereocenters. The lowest BCUT2D eigenvalue weighted by Gasteiger charge is -2.38. The lowest BCUT2D eigenvalue weighted by Crippen LogP contribution is -2.44. The van der Waals surface area contributed by atoms with Crippen molar-refractivity contribution in [2.75, 3.05) is 13.2 Å². The van der Waals surface area contributed by atoms with Crippen molar-refractivity contribution >= 4 is 5.97 Å². The molecular weight excluding hydrogens is 281 g/mol. The molecule has 0 N–H and O–H groups in total. The number of ether oxygens (including phenoxy) is 1. The molecule has 2 aromatic rings. The molecule has 0 aliphatic carbocycles. The molecule has 0 bridgehead atoms. The molecular formula is C18H18FNO2. The van der Waals surface area contributed by atoms with E-state index < -0.39 is 6.04 Å². The van der Waals surface area contributed by atoms with Crippen molar-refractivity contribution in [3.63, 3.8) is 0 Å². The summed E-state index contributed by atoms with van der Waals surface area (Å²) in [6, 6.07) is 15.7. The van der Waals surface area contributed by atoms with Crippen molar-refractivity contribution in [2.24, 2.45) is 0 Å². The van der Waals surface area contributed by atoms with E-state index in [1.807, 2.05) is 30.3 Å². The van der Waals surface area contributed by atoms with Gasteiger partial charge in [-0.2, -0.15) is 0 Å². The minimum Gasteiger partial charge on any atom is -0.463 e. The lowest BCUT2D eigenvalue weighted by atomic mass is 9.99. The van der Waals surface area contributed by atoms with Gasteiger partial charge in [-0.25, -0.2) is 9.18 Å². The Bertz CT molecular complexity index is 642. The van der Waals surface area contributed by atoms with Gasteiger partial charge in [-0.05, 0) is 30.2 Å². The summed E-state index contributed by atoms with van der Waals surface area (Å²) >= 11 is 0. The summed E-state index contributed by atoms with van der Waals surface area (Å²) in [6.45, 7) is 3.11. The first kappa shape index (κ1) is 14.7. The quantitative estimate of drug-likeness (QED) is 0.813. The van der Waals surface area contributed by atoms with E-state index in [1.165, 1.54) is 12.1 Å². The van der Waals surface area contributed by atoms with Gasteiger partial charge >= 0.3 is 5.97 Å². The molecule has 1 fully saturated rings. The van der Waals surface area contributed by atoms with Crippen molar-refractivity contribution in [1.29, 1.82) is 0 Å². The maximum Gasteiger partial charge on any atom is 0.328 e. The topological polar surface area (TPSA) is 29.5 Å². The number of carbonyl (C=O) groups is 1. The fourth-order valence-corrected chi connectivity index (χ4v) is 2.91. The molecule has 0 amide bonds. The predicted octanol–water partition coefficient (Wildman–Crippen LogP) is 3.49. The molecule has 1 heterocycles. The van der Waals surface area contributed by atoms with Crippen LogP contribution >= 0.6 is 0 Å². The van der Waals surface area contributed by atoms with Gasteiger partial charge in [0.2, 0.25) is 0 Å². The lowest BCUT2D eigenvalue weighted by molar-refractivity contribution is -0.159. The third-order valence-electron chi connectivity index (χ3n) is 4.11. The molecule has 0 radical (unpaired) electrons. The summed E-state index contributed by atoms with van der Waals surface area (Å²) in [5, 5.41) is 0. The standard InChI is InChI=1S/C18H18FNO2/c1-13(14-5-3-2-4-6-14)20-11-12-22-18(21)17(20)15-7-9-16(19)10-8-15/h2-10,13,17H,11-12H2,1H3/t13-,17-/m0/s1. The van der Waals surface area contributed by atoms with Gasteiger partial charge in [-0.1, -0.05) is 42.5 Å². The highest BCUT2D eigenvalue weighted by Gasteiger charge is 2.36. The fourth-order valence-electron chi connectivity index (χ4n) is 2.91. The average molecular weight is 299 g/mol. The van der Waals surface area contributed by atoms with Gasteiger partial charge in [0.1, 0.15) is 18.5 Å². The number of benzene rings is 2. The van der Waals surface area contributed by atoms with Crippen LogP contribution in [0, 0.1) is 5.82 Å². The third kappa shape index (κ3) is 2.88. The van der Waals surface area contributed by atoms with E-state index in [0.29, 0.717) is 13.2 Å². The second-order valence-corrected chi connectivity index (χ2v) is 5.45. The van der Waals surface area contributed by atoms with E-state index in [2.05, 4.69) is 11.8 Å². The molecule has 4 heteroatoms. The molecule has 0 saturated carbocycles. The van der Waals surface area contributed by atoms with Crippen LogP contribution < -0.4 is 0 Å². The van der Waals surface area contributed by atoms with Gasteiger partial charge in [-0.3, -0.25) is 4.90 Å². The summed E-state index contributed by atoms with van der Waals surface area (Å²) in [4.78, 5) is 14.4. The fraction of sp³-hybridized carbons (Fsp3) is 0.278. The number of morpholine rings is 1. The Balaban J connectivity index is 1.93. The van der Waals surface area contributed by atoms with Crippen molar-refractivity contribution in [2.45, 2.75) is 19.0 Å². The molecule has 0 spiro atoms. The summed E-state index contributed by atoms with van der Waals surface area (Å²) in [7, 11) is 0. The van der Waals surface area contributed by atoms with Crippen LogP contribution in [-0.4, -0.2) is 24.0 Å². The van der Waals surface area contributed by atoms with Crippen LogP contribution in [0.2, 0.25) is 0 Å². The molecule has 2 atom stereocenters. The highest BCUT2D eigenvalue weighted by atomic mass is 19.1. The minimum atomic E-state index is -0.496. The van der Waals surface area contributed by atoms with Crippen LogP contribution in [0.25, 0.3) is 0 Å². The first-order valence-corrected chi connectivity index (χ1v) is 7.39. The molecule has 1 aliphatic rings. The van der Waals surface area contributed by atoms with Crippen molar-refractivity contribution in [1.82, 2.24) is 4.90 Å². The SMILES string of the molecule is C[C@@H](c1ccccc1)N1CCOC(=O)[C@@H]1c1ccc(F)cc1. The molecule has 1 saturated heterocycles. The van der Waals surface area contributed by atoms with E-state index in [0.717, 1.165) is 11.1 Å². The van der Waals surface area contributed by atoms with E-state index in [-0.39, 0.29) is 17.8 Å². The molecule has 114 valence electrons. The summed E-state index contributed by atoms with van der Waals surface area (Å²) in [5.41, 5.74) is 1.90. The van der Waals surface area contributed by atoms with Gasteiger partial charge in [-0.15, -0.1) is 0 Å². The van der Waals surface area contributed by atoms with Gasteiger partial charge < -0.3 is 4.74 Å². The van der Waals surface area contributed by atoms with Crippen molar-refractivity contribution in [3.8, 4) is 0 Å². The van der Waals surface area contributed by atoms with E-state index >= 15 is 0 Å². The Kier molecular flexibility index (Phi) is 4.20. The van der Waals surface area contributed by atoms with Crippen LogP contribution in [0.15, 0.2) is 54.6 Å². The monoisotopic (exact) mass is 299 g/mol. The first-order valence-electron chi connectivity index (χ1n) is 7.39. The van der Waals surface area contributed by atoms with Crippen molar-refractivity contribution in [3.05, 3.63) is 71.5 Å². The molecule has 1 aliphatic heterocycles. The Hall–Kier alpha value is -2.20. The van der Waals surface area contributed by atoms with Gasteiger partial charge in [0.25, 0.3) is 0 Å². The largest absolute Gasteiger partial charge is 0.463 e. The Morgan fingerprint density at radius 2 is 1.82 bits per heavy atom. The van der Waals surface area contributed by atoms with E-state index in [4.69, 9.17) is 4.74 Å². The number of hydrogen-bond acceptors (Lipinski definition) is 3. The first-order chi connectivity index (χ1) is 10.7. The van der Waals surface area contributed by atoms with Gasteiger partial charge in [0.15, 0.2) is 0 Å². The zero-order valence-corrected chi connectivity index (χ0v) is 12.4. The smallest absolute Gasteiger partial charge is 0.328 e. The number of hydrogen-bond donors (Lipinski definition) is 0. The summed E-state index contributed by atoms with van der Waals surface area (Å²) in [6.07, 6.45) is 0. The van der Waals surface area contributed by atoms with Crippen LogP contribution in [0.5, 0.6) is 0 Å². The van der Waals surface area contributed by atoms with Gasteiger partial charge in [0.05, 0.1) is 0 Å². The second kappa shape index (κ2) is 6.28. The highest BCUT2D eigenvalue weighted by molar-refractivity contribution is 5.78. The van der Waals surface area contributed by atoms with Crippen molar-refractivity contribution < 1.29 is 13.9 Å². The zero-order valence-electron chi connectivity index (χ0n) is 12.4. The highest BCUT2D eigenvalue weighted by Crippen LogP contribution is 2.33. The predicted molar refractivity (Wildman–Crippen MR) is 81.7 cm³/mol. The molecule has 0 aromatic heterocycles. The molecule has 3 nitrogen and oxygen atoms in total. The zero-order chi connectivity index (χ0) is 15.5. The van der Waals surface area contributed by atoms with Crippen LogP contribution in [0.4, 0.5) is 4.39 Å². The third-order valence-corrected chi connectivity index (χ3v) is 4.11. The van der Waals surface area contributed by atoms with Crippen LogP contribution in [-0.2, 0) is 9.53 Å². The van der Waals surface area contributed by atoms with E-state index in [1.54, 1.807) is 12.1 Å². The summed E-state index contributed by atoms with van der Waals surface area (Å²) < 4.78 is 18.4. The van der Waals surface area contributed by atoms with Gasteiger partial charge in [0, 0.05) is 12.6 Å². The number of nitrogens with zero attached hydrogens (tertiary/aromatic N) is 1. The molecule has 3 rings (SSSR count). The second-order valence-electron chi connectivity index (χ2n) is 5.45. The Morgan fingerprint density at radius 1 is 1.14 bits per heavy atom. The average Bonchev–Trinajstić information content (AvgIpc) is 2.56.